The van der Waals surface area contributed by atoms with Gasteiger partial charge in [-0.15, -0.1) is 0 Å². The van der Waals surface area contributed by atoms with Crippen LogP contribution in [0.1, 0.15) is 82.8 Å². The predicted octanol–water partition coefficient (Wildman–Crippen LogP) is 6.07. The number of hydrogen-bond acceptors (Lipinski definition) is 2. The van der Waals surface area contributed by atoms with Gasteiger partial charge >= 0.3 is 0 Å². The topological polar surface area (TPSA) is 40.5 Å². The van der Waals surface area contributed by atoms with Gasteiger partial charge in [0.15, 0.2) is 0 Å². The van der Waals surface area contributed by atoms with Crippen LogP contribution >= 0.6 is 0 Å². The minimum absolute atomic E-state index is 0.0645. The van der Waals surface area contributed by atoms with Crippen molar-refractivity contribution in [2.45, 2.75) is 90.8 Å². The molecule has 2 heteroatoms. The molecule has 162 valence electrons. The molecule has 30 heavy (non-hydrogen) atoms. The van der Waals surface area contributed by atoms with Crippen molar-refractivity contribution < 1.29 is 10.2 Å². The Labute approximate surface area is 182 Å². The Hall–Kier alpha value is -1.38. The number of rotatable bonds is 2. The van der Waals surface area contributed by atoms with E-state index in [1.165, 1.54) is 24.0 Å². The lowest BCUT2D eigenvalue weighted by atomic mass is 9.51. The zero-order valence-corrected chi connectivity index (χ0v) is 19.1. The summed E-state index contributed by atoms with van der Waals surface area (Å²) in [4.78, 5) is 0. The first-order chi connectivity index (χ1) is 14.2. The Kier molecular flexibility index (Phi) is 4.83. The molecule has 0 spiro atoms. The van der Waals surface area contributed by atoms with E-state index in [0.29, 0.717) is 17.8 Å². The van der Waals surface area contributed by atoms with Gasteiger partial charge in [0.05, 0.1) is 12.2 Å². The van der Waals surface area contributed by atoms with Crippen molar-refractivity contribution in [1.82, 2.24) is 0 Å². The number of aliphatic hydroxyl groups is 2. The van der Waals surface area contributed by atoms with Crippen molar-refractivity contribution in [2.24, 2.45) is 22.7 Å². The maximum Gasteiger partial charge on any atom is 0.0807 e. The molecule has 1 fully saturated rings. The molecule has 2 nitrogen and oxygen atoms in total. The highest BCUT2D eigenvalue weighted by molar-refractivity contribution is 5.50. The minimum Gasteiger partial charge on any atom is -0.390 e. The molecular weight excluding hydrogens is 368 g/mol. The molecule has 4 aliphatic rings. The van der Waals surface area contributed by atoms with Crippen LogP contribution in [0.2, 0.25) is 0 Å². The van der Waals surface area contributed by atoms with Gasteiger partial charge in [0, 0.05) is 0 Å². The van der Waals surface area contributed by atoms with E-state index < -0.39 is 12.2 Å². The van der Waals surface area contributed by atoms with Crippen molar-refractivity contribution in [3.05, 3.63) is 58.2 Å². The van der Waals surface area contributed by atoms with E-state index in [1.54, 1.807) is 16.7 Å². The number of aliphatic hydroxyl groups excluding tert-OH is 2. The number of allylic oxidation sites excluding steroid dienone is 4. The van der Waals surface area contributed by atoms with E-state index in [-0.39, 0.29) is 10.8 Å². The molecule has 2 N–H and O–H groups in total. The first-order valence-corrected chi connectivity index (χ1v) is 12.1. The summed E-state index contributed by atoms with van der Waals surface area (Å²) in [6, 6.07) is 9.17. The van der Waals surface area contributed by atoms with Gasteiger partial charge in [0.1, 0.15) is 0 Å². The fourth-order valence-electron chi connectivity index (χ4n) is 7.77. The summed E-state index contributed by atoms with van der Waals surface area (Å²) in [6.45, 7) is 9.50. The first-order valence-electron chi connectivity index (χ1n) is 12.1. The number of aryl methyl sites for hydroxylation is 1. The summed E-state index contributed by atoms with van der Waals surface area (Å²) < 4.78 is 0. The Balaban J connectivity index is 1.47. The molecule has 0 heterocycles. The summed E-state index contributed by atoms with van der Waals surface area (Å²) in [5, 5.41) is 20.7. The van der Waals surface area contributed by atoms with Crippen LogP contribution in [0.25, 0.3) is 0 Å². The highest BCUT2D eigenvalue weighted by atomic mass is 16.3. The molecule has 0 radical (unpaired) electrons. The van der Waals surface area contributed by atoms with E-state index in [1.807, 2.05) is 0 Å². The Morgan fingerprint density at radius 2 is 1.73 bits per heavy atom. The van der Waals surface area contributed by atoms with Crippen molar-refractivity contribution >= 4 is 0 Å². The molecule has 5 rings (SSSR count). The molecular formula is C28H38O2. The quantitative estimate of drug-likeness (QED) is 0.625. The zero-order valence-electron chi connectivity index (χ0n) is 19.1. The number of fused-ring (bicyclic) bond motifs is 4. The van der Waals surface area contributed by atoms with Crippen LogP contribution in [0.3, 0.4) is 0 Å². The lowest BCUT2D eigenvalue weighted by Gasteiger charge is -2.54. The van der Waals surface area contributed by atoms with Crippen LogP contribution in [0.5, 0.6) is 0 Å². The van der Waals surface area contributed by atoms with Crippen LogP contribution < -0.4 is 0 Å². The van der Waals surface area contributed by atoms with Crippen LogP contribution in [0, 0.1) is 29.6 Å². The molecule has 4 aliphatic carbocycles. The summed E-state index contributed by atoms with van der Waals surface area (Å²) in [5.41, 5.74) is 8.02. The molecule has 3 unspecified atom stereocenters. The van der Waals surface area contributed by atoms with Crippen molar-refractivity contribution in [2.75, 3.05) is 0 Å². The second-order valence-corrected chi connectivity index (χ2v) is 11.3. The lowest BCUT2D eigenvalue weighted by Crippen LogP contribution is -2.49. The predicted molar refractivity (Wildman–Crippen MR) is 122 cm³/mol. The lowest BCUT2D eigenvalue weighted by molar-refractivity contribution is -0.0738. The number of hydrogen-bond donors (Lipinski definition) is 2. The van der Waals surface area contributed by atoms with Gasteiger partial charge in [-0.2, -0.15) is 0 Å². The largest absolute Gasteiger partial charge is 0.390 e. The van der Waals surface area contributed by atoms with Gasteiger partial charge < -0.3 is 10.2 Å². The third kappa shape index (κ3) is 2.90. The summed E-state index contributed by atoms with van der Waals surface area (Å²) in [5.74, 6) is 1.74. The van der Waals surface area contributed by atoms with Gasteiger partial charge in [-0.05, 0) is 97.2 Å². The van der Waals surface area contributed by atoms with E-state index in [0.717, 1.165) is 32.1 Å². The van der Waals surface area contributed by atoms with E-state index in [2.05, 4.69) is 58.0 Å². The van der Waals surface area contributed by atoms with Gasteiger partial charge in [-0.1, -0.05) is 62.2 Å². The van der Waals surface area contributed by atoms with Gasteiger partial charge in [-0.25, -0.2) is 0 Å². The van der Waals surface area contributed by atoms with Crippen molar-refractivity contribution in [3.63, 3.8) is 0 Å². The fraction of sp³-hybridized carbons (Fsp3) is 0.643. The molecule has 7 atom stereocenters. The Bertz CT molecular complexity index is 894. The van der Waals surface area contributed by atoms with Gasteiger partial charge in [-0.3, -0.25) is 0 Å². The minimum atomic E-state index is -0.571. The van der Waals surface area contributed by atoms with E-state index in [4.69, 9.17) is 0 Å². The van der Waals surface area contributed by atoms with E-state index >= 15 is 0 Å². The van der Waals surface area contributed by atoms with E-state index in [9.17, 15) is 10.2 Å². The highest BCUT2D eigenvalue weighted by Crippen LogP contribution is 2.64. The summed E-state index contributed by atoms with van der Waals surface area (Å²) in [7, 11) is 0. The van der Waals surface area contributed by atoms with Crippen molar-refractivity contribution in [1.29, 1.82) is 0 Å². The monoisotopic (exact) mass is 406 g/mol. The summed E-state index contributed by atoms with van der Waals surface area (Å²) in [6.07, 6.45) is 8.83. The molecule has 0 aliphatic heterocycles. The number of benzene rings is 1. The third-order valence-electron chi connectivity index (χ3n) is 9.74. The average molecular weight is 407 g/mol. The fourth-order valence-corrected chi connectivity index (χ4v) is 7.77. The normalized spacial score (nSPS) is 41.6. The van der Waals surface area contributed by atoms with Crippen molar-refractivity contribution in [3.8, 4) is 0 Å². The molecule has 1 aromatic carbocycles. The standard InChI is InChI=1S/C28H38O2/c1-17-5-7-19(8-6-17)18(2)22-11-12-23-21-10-9-20-15-25(29)26(30)16-28(20,4)24(21)13-14-27(22,23)3/h5-8,12,18,20,22,25-26,29-30H,9-11,13-16H2,1-4H3/t18-,20?,22+,25?,26?,27+,28-/m0/s1. The molecule has 0 bridgehead atoms. The maximum atomic E-state index is 10.5. The van der Waals surface area contributed by atoms with Crippen LogP contribution in [-0.4, -0.2) is 22.4 Å². The Morgan fingerprint density at radius 3 is 2.47 bits per heavy atom. The van der Waals surface area contributed by atoms with Crippen LogP contribution in [0.15, 0.2) is 47.1 Å². The first kappa shape index (κ1) is 20.5. The van der Waals surface area contributed by atoms with Crippen LogP contribution in [-0.2, 0) is 0 Å². The average Bonchev–Trinajstić information content (AvgIpc) is 3.06. The second-order valence-electron chi connectivity index (χ2n) is 11.3. The molecule has 1 saturated carbocycles. The molecule has 1 aromatic rings. The van der Waals surface area contributed by atoms with Gasteiger partial charge in [0.2, 0.25) is 0 Å². The van der Waals surface area contributed by atoms with Gasteiger partial charge in [0.25, 0.3) is 0 Å². The molecule has 0 saturated heterocycles. The Morgan fingerprint density at radius 1 is 1.00 bits per heavy atom. The third-order valence-corrected chi connectivity index (χ3v) is 9.74. The molecule has 0 amide bonds. The second kappa shape index (κ2) is 7.07. The SMILES string of the molecule is Cc1ccc([C@H](C)[C@H]2CC=C3C4=C(CC[C@@]32C)[C@@]2(C)CC(O)C(O)CC2CC4)cc1. The summed E-state index contributed by atoms with van der Waals surface area (Å²) >= 11 is 0. The smallest absolute Gasteiger partial charge is 0.0807 e. The van der Waals surface area contributed by atoms with Crippen LogP contribution in [0.4, 0.5) is 0 Å². The maximum absolute atomic E-state index is 10.5. The zero-order chi connectivity index (χ0) is 21.3. The molecule has 0 aromatic heterocycles. The highest BCUT2D eigenvalue weighted by Gasteiger charge is 2.54.